The number of aliphatic hydroxyl groups is 3. The molecule has 0 aliphatic carbocycles. The molecule has 108 valence electrons. The fraction of sp³-hybridized carbons (Fsp3) is 0.500. The van der Waals surface area contributed by atoms with Crippen LogP contribution in [-0.4, -0.2) is 60.4 Å². The highest BCUT2D eigenvalue weighted by atomic mass is 16.6. The highest BCUT2D eigenvalue weighted by molar-refractivity contribution is 5.85. The van der Waals surface area contributed by atoms with E-state index >= 15 is 0 Å². The third kappa shape index (κ3) is 1.78. The van der Waals surface area contributed by atoms with E-state index in [1.54, 1.807) is 0 Å². The molecule has 3 heterocycles. The van der Waals surface area contributed by atoms with Gasteiger partial charge in [-0.1, -0.05) is 0 Å². The van der Waals surface area contributed by atoms with Crippen LogP contribution in [0.15, 0.2) is 4.79 Å². The quantitative estimate of drug-likeness (QED) is 0.348. The number of aliphatic hydroxyl groups excluding tert-OH is 3. The van der Waals surface area contributed by atoms with Gasteiger partial charge >= 0.3 is 5.69 Å². The molecule has 3 rings (SSSR count). The SMILES string of the molecule is Nc1nc(=O)[nH]c2c([C@@H]3O[C@H](CO)[C@@H](O)[C@H]3O)[nH]nc12. The molecule has 4 atom stereocenters. The van der Waals surface area contributed by atoms with Crippen molar-refractivity contribution in [1.82, 2.24) is 20.2 Å². The fourth-order valence-electron chi connectivity index (χ4n) is 2.31. The van der Waals surface area contributed by atoms with Crippen LogP contribution in [0, 0.1) is 0 Å². The van der Waals surface area contributed by atoms with Gasteiger partial charge in [0, 0.05) is 0 Å². The summed E-state index contributed by atoms with van der Waals surface area (Å²) in [5.74, 6) is -0.0574. The molecule has 0 radical (unpaired) electrons. The van der Waals surface area contributed by atoms with Gasteiger partial charge in [0.05, 0.1) is 17.8 Å². The maximum absolute atomic E-state index is 11.4. The molecule has 0 aromatic carbocycles. The summed E-state index contributed by atoms with van der Waals surface area (Å²) in [6, 6.07) is 0. The lowest BCUT2D eigenvalue weighted by molar-refractivity contribution is -0.0236. The first-order chi connectivity index (χ1) is 9.52. The van der Waals surface area contributed by atoms with Crippen molar-refractivity contribution in [2.24, 2.45) is 0 Å². The molecule has 10 heteroatoms. The smallest absolute Gasteiger partial charge is 0.347 e. The number of ether oxygens (including phenoxy) is 1. The van der Waals surface area contributed by atoms with E-state index in [2.05, 4.69) is 20.2 Å². The number of rotatable bonds is 2. The number of aromatic amines is 2. The lowest BCUT2D eigenvalue weighted by Gasteiger charge is -2.12. The molecule has 20 heavy (non-hydrogen) atoms. The second-order valence-corrected chi connectivity index (χ2v) is 4.55. The molecule has 1 fully saturated rings. The molecule has 0 unspecified atom stereocenters. The van der Waals surface area contributed by atoms with Gasteiger partial charge in [-0.25, -0.2) is 4.79 Å². The highest BCUT2D eigenvalue weighted by Gasteiger charge is 2.44. The standard InChI is InChI=1S/C10H13N5O5/c11-9-5-3(12-10(19)13-9)4(14-15-5)8-7(18)6(17)2(1-16)20-8/h2,6-8,16-18H,1H2,(H,14,15)(H3,11,12,13,19)/t2-,6-,7-,8+/m1/s1. The van der Waals surface area contributed by atoms with Crippen LogP contribution in [0.5, 0.6) is 0 Å². The Balaban J connectivity index is 2.09. The second kappa shape index (κ2) is 4.52. The van der Waals surface area contributed by atoms with Crippen molar-refractivity contribution < 1.29 is 20.1 Å². The van der Waals surface area contributed by atoms with Crippen molar-refractivity contribution in [2.45, 2.75) is 24.4 Å². The maximum atomic E-state index is 11.4. The van der Waals surface area contributed by atoms with Gasteiger partial charge in [0.15, 0.2) is 11.3 Å². The van der Waals surface area contributed by atoms with E-state index in [1.807, 2.05) is 0 Å². The molecule has 0 spiro atoms. The number of nitrogen functional groups attached to an aromatic ring is 1. The van der Waals surface area contributed by atoms with Gasteiger partial charge in [0.2, 0.25) is 0 Å². The molecule has 0 saturated carbocycles. The van der Waals surface area contributed by atoms with Crippen LogP contribution < -0.4 is 11.4 Å². The largest absolute Gasteiger partial charge is 0.394 e. The third-order valence-electron chi connectivity index (χ3n) is 3.32. The predicted molar refractivity (Wildman–Crippen MR) is 65.6 cm³/mol. The summed E-state index contributed by atoms with van der Waals surface area (Å²) < 4.78 is 5.36. The van der Waals surface area contributed by atoms with Gasteiger partial charge in [0.1, 0.15) is 24.4 Å². The minimum atomic E-state index is -1.27. The molecule has 1 aliphatic rings. The van der Waals surface area contributed by atoms with Crippen LogP contribution in [0.2, 0.25) is 0 Å². The second-order valence-electron chi connectivity index (χ2n) is 4.55. The number of fused-ring (bicyclic) bond motifs is 1. The average Bonchev–Trinajstić information content (AvgIpc) is 2.93. The minimum absolute atomic E-state index is 0.0574. The number of hydrogen-bond acceptors (Lipinski definition) is 8. The van der Waals surface area contributed by atoms with Gasteiger partial charge in [-0.2, -0.15) is 10.1 Å². The van der Waals surface area contributed by atoms with Crippen LogP contribution in [0.4, 0.5) is 5.82 Å². The Morgan fingerprint density at radius 3 is 2.75 bits per heavy atom. The first-order valence-electron chi connectivity index (χ1n) is 5.89. The van der Waals surface area contributed by atoms with E-state index in [9.17, 15) is 15.0 Å². The van der Waals surface area contributed by atoms with E-state index in [0.29, 0.717) is 0 Å². The van der Waals surface area contributed by atoms with Crippen molar-refractivity contribution in [1.29, 1.82) is 0 Å². The van der Waals surface area contributed by atoms with E-state index in [1.165, 1.54) is 0 Å². The Hall–Kier alpha value is -2.01. The number of nitrogens with one attached hydrogen (secondary N) is 2. The highest BCUT2D eigenvalue weighted by Crippen LogP contribution is 2.35. The molecule has 1 saturated heterocycles. The number of hydrogen-bond donors (Lipinski definition) is 6. The third-order valence-corrected chi connectivity index (χ3v) is 3.32. The Bertz CT molecular complexity index is 697. The summed E-state index contributed by atoms with van der Waals surface area (Å²) in [4.78, 5) is 17.3. The Morgan fingerprint density at radius 1 is 1.35 bits per heavy atom. The van der Waals surface area contributed by atoms with E-state index in [-0.39, 0.29) is 22.5 Å². The number of nitrogens with zero attached hydrogens (tertiary/aromatic N) is 2. The van der Waals surface area contributed by atoms with Gasteiger partial charge in [-0.05, 0) is 0 Å². The summed E-state index contributed by atoms with van der Waals surface area (Å²) in [6.07, 6.45) is -4.40. The summed E-state index contributed by atoms with van der Waals surface area (Å²) >= 11 is 0. The Labute approximate surface area is 111 Å². The molecule has 2 aromatic heterocycles. The van der Waals surface area contributed by atoms with Gasteiger partial charge < -0.3 is 30.8 Å². The average molecular weight is 283 g/mol. The molecule has 7 N–H and O–H groups in total. The monoisotopic (exact) mass is 283 g/mol. The number of anilines is 1. The topological polar surface area (TPSA) is 170 Å². The Morgan fingerprint density at radius 2 is 2.10 bits per heavy atom. The van der Waals surface area contributed by atoms with Crippen LogP contribution in [0.25, 0.3) is 11.0 Å². The molecular formula is C10H13N5O5. The molecule has 0 amide bonds. The first kappa shape index (κ1) is 13.0. The summed E-state index contributed by atoms with van der Waals surface area (Å²) in [5.41, 5.74) is 5.65. The molecule has 2 aromatic rings. The van der Waals surface area contributed by atoms with Crippen molar-refractivity contribution in [3.05, 3.63) is 16.2 Å². The molecular weight excluding hydrogens is 270 g/mol. The van der Waals surface area contributed by atoms with Crippen molar-refractivity contribution in [2.75, 3.05) is 12.3 Å². The number of H-pyrrole nitrogens is 2. The summed E-state index contributed by atoms with van der Waals surface area (Å²) in [5, 5.41) is 35.2. The zero-order valence-electron chi connectivity index (χ0n) is 10.1. The van der Waals surface area contributed by atoms with Gasteiger partial charge in [-0.3, -0.25) is 5.10 Å². The lowest BCUT2D eigenvalue weighted by Crippen LogP contribution is -2.32. The number of nitrogens with two attached hydrogens (primary N) is 1. The van der Waals surface area contributed by atoms with Crippen molar-refractivity contribution >= 4 is 16.9 Å². The normalized spacial score (nSPS) is 30.1. The summed E-state index contributed by atoms with van der Waals surface area (Å²) in [7, 11) is 0. The van der Waals surface area contributed by atoms with Crippen molar-refractivity contribution in [3.63, 3.8) is 0 Å². The van der Waals surface area contributed by atoms with E-state index < -0.39 is 36.7 Å². The lowest BCUT2D eigenvalue weighted by atomic mass is 10.1. The molecule has 10 nitrogen and oxygen atoms in total. The zero-order chi connectivity index (χ0) is 14.4. The Kier molecular flexibility index (Phi) is 2.94. The van der Waals surface area contributed by atoms with E-state index in [0.717, 1.165) is 0 Å². The number of aromatic nitrogens is 4. The first-order valence-corrected chi connectivity index (χ1v) is 5.89. The zero-order valence-corrected chi connectivity index (χ0v) is 10.1. The fourth-order valence-corrected chi connectivity index (χ4v) is 2.31. The van der Waals surface area contributed by atoms with Crippen LogP contribution in [-0.2, 0) is 4.74 Å². The maximum Gasteiger partial charge on any atom is 0.347 e. The van der Waals surface area contributed by atoms with Crippen LogP contribution >= 0.6 is 0 Å². The van der Waals surface area contributed by atoms with Crippen molar-refractivity contribution in [3.8, 4) is 0 Å². The van der Waals surface area contributed by atoms with E-state index in [4.69, 9.17) is 15.6 Å². The molecule has 1 aliphatic heterocycles. The van der Waals surface area contributed by atoms with Gasteiger partial charge in [-0.15, -0.1) is 0 Å². The van der Waals surface area contributed by atoms with Crippen LogP contribution in [0.1, 0.15) is 11.8 Å². The molecule has 0 bridgehead atoms. The summed E-state index contributed by atoms with van der Waals surface area (Å²) in [6.45, 7) is -0.443. The minimum Gasteiger partial charge on any atom is -0.394 e. The van der Waals surface area contributed by atoms with Gasteiger partial charge in [0.25, 0.3) is 0 Å². The predicted octanol–water partition coefficient (Wildman–Crippen LogP) is -2.62. The van der Waals surface area contributed by atoms with Crippen LogP contribution in [0.3, 0.4) is 0 Å².